The van der Waals surface area contributed by atoms with Crippen molar-refractivity contribution in [3.05, 3.63) is 22.6 Å². The van der Waals surface area contributed by atoms with Gasteiger partial charge in [-0.15, -0.1) is 11.8 Å². The third-order valence-corrected chi connectivity index (χ3v) is 3.30. The molecule has 1 aliphatic rings. The van der Waals surface area contributed by atoms with Crippen LogP contribution in [0.5, 0.6) is 0 Å². The first-order chi connectivity index (χ1) is 6.11. The third kappa shape index (κ3) is 3.22. The fourth-order valence-electron chi connectivity index (χ4n) is 1.56. The molecule has 1 aliphatic heterocycles. The Bertz CT molecular complexity index is 221. The smallest absolute Gasteiger partial charge is 0.0160 e. The van der Waals surface area contributed by atoms with Crippen LogP contribution < -0.4 is 0 Å². The lowest BCUT2D eigenvalue weighted by Gasteiger charge is -2.19. The summed E-state index contributed by atoms with van der Waals surface area (Å²) in [5.74, 6) is 2.62. The molecule has 0 fully saturated rings. The SMILES string of the molecule is CC(C)CC1=C(C(C)C)C=CCS1. The second-order valence-corrected chi connectivity index (χ2v) is 5.46. The summed E-state index contributed by atoms with van der Waals surface area (Å²) in [4.78, 5) is 1.62. The fourth-order valence-corrected chi connectivity index (χ4v) is 2.88. The first-order valence-corrected chi connectivity index (χ1v) is 6.12. The predicted molar refractivity (Wildman–Crippen MR) is 62.9 cm³/mol. The quantitative estimate of drug-likeness (QED) is 0.650. The van der Waals surface area contributed by atoms with E-state index in [0.717, 1.165) is 11.7 Å². The van der Waals surface area contributed by atoms with Crippen molar-refractivity contribution in [2.45, 2.75) is 34.1 Å². The van der Waals surface area contributed by atoms with Crippen molar-refractivity contribution in [3.63, 3.8) is 0 Å². The summed E-state index contributed by atoms with van der Waals surface area (Å²) in [7, 11) is 0. The van der Waals surface area contributed by atoms with Gasteiger partial charge in [0, 0.05) is 5.75 Å². The zero-order chi connectivity index (χ0) is 9.84. The Balaban J connectivity index is 2.78. The van der Waals surface area contributed by atoms with Gasteiger partial charge in [-0.3, -0.25) is 0 Å². The highest BCUT2D eigenvalue weighted by Crippen LogP contribution is 2.34. The summed E-state index contributed by atoms with van der Waals surface area (Å²) in [6.45, 7) is 9.16. The summed E-state index contributed by atoms with van der Waals surface area (Å²) in [5, 5.41) is 0. The van der Waals surface area contributed by atoms with Gasteiger partial charge in [0.1, 0.15) is 0 Å². The largest absolute Gasteiger partial charge is 0.126 e. The second-order valence-electron chi connectivity index (χ2n) is 4.34. The standard InChI is InChI=1S/C12H20S/c1-9(2)8-12-11(10(3)4)6-5-7-13-12/h5-6,9-10H,7-8H2,1-4H3. The monoisotopic (exact) mass is 196 g/mol. The summed E-state index contributed by atoms with van der Waals surface area (Å²) >= 11 is 2.02. The molecule has 0 saturated carbocycles. The molecule has 0 atom stereocenters. The molecule has 13 heavy (non-hydrogen) atoms. The van der Waals surface area contributed by atoms with Crippen molar-refractivity contribution in [1.29, 1.82) is 0 Å². The highest BCUT2D eigenvalue weighted by atomic mass is 32.2. The molecule has 0 aromatic carbocycles. The molecule has 0 aromatic heterocycles. The molecule has 0 N–H and O–H groups in total. The van der Waals surface area contributed by atoms with Crippen molar-refractivity contribution in [3.8, 4) is 0 Å². The lowest BCUT2D eigenvalue weighted by Crippen LogP contribution is -2.02. The van der Waals surface area contributed by atoms with Crippen LogP contribution in [0.25, 0.3) is 0 Å². The average Bonchev–Trinajstić information content (AvgIpc) is 2.03. The first-order valence-electron chi connectivity index (χ1n) is 5.13. The summed E-state index contributed by atoms with van der Waals surface area (Å²) in [6.07, 6.45) is 5.85. The Morgan fingerprint density at radius 2 is 2.00 bits per heavy atom. The lowest BCUT2D eigenvalue weighted by atomic mass is 9.98. The van der Waals surface area contributed by atoms with Crippen LogP contribution >= 0.6 is 11.8 Å². The topological polar surface area (TPSA) is 0 Å². The molecular formula is C12H20S. The number of thioether (sulfide) groups is 1. The highest BCUT2D eigenvalue weighted by molar-refractivity contribution is 8.03. The van der Waals surface area contributed by atoms with Gasteiger partial charge >= 0.3 is 0 Å². The maximum Gasteiger partial charge on any atom is 0.0160 e. The van der Waals surface area contributed by atoms with E-state index < -0.39 is 0 Å². The van der Waals surface area contributed by atoms with Crippen LogP contribution in [0.4, 0.5) is 0 Å². The zero-order valence-electron chi connectivity index (χ0n) is 9.13. The Kier molecular flexibility index (Phi) is 4.11. The molecule has 0 aliphatic carbocycles. The highest BCUT2D eigenvalue weighted by Gasteiger charge is 2.12. The second kappa shape index (κ2) is 4.90. The summed E-state index contributed by atoms with van der Waals surface area (Å²) < 4.78 is 0. The van der Waals surface area contributed by atoms with Gasteiger partial charge in [0.2, 0.25) is 0 Å². The van der Waals surface area contributed by atoms with Gasteiger partial charge in [0.15, 0.2) is 0 Å². The van der Waals surface area contributed by atoms with Gasteiger partial charge in [-0.1, -0.05) is 39.8 Å². The molecule has 1 rings (SSSR count). The number of allylic oxidation sites excluding steroid dienone is 3. The lowest BCUT2D eigenvalue weighted by molar-refractivity contribution is 0.647. The van der Waals surface area contributed by atoms with Gasteiger partial charge in [0.05, 0.1) is 0 Å². The fraction of sp³-hybridized carbons (Fsp3) is 0.667. The Morgan fingerprint density at radius 1 is 1.31 bits per heavy atom. The molecule has 0 amide bonds. The van der Waals surface area contributed by atoms with Crippen LogP contribution in [-0.4, -0.2) is 5.75 Å². The molecule has 1 heteroatoms. The maximum atomic E-state index is 2.32. The van der Waals surface area contributed by atoms with Crippen molar-refractivity contribution < 1.29 is 0 Å². The minimum absolute atomic E-state index is 0.679. The van der Waals surface area contributed by atoms with E-state index in [1.165, 1.54) is 6.42 Å². The van der Waals surface area contributed by atoms with Crippen LogP contribution in [0.1, 0.15) is 34.1 Å². The molecule has 0 aromatic rings. The molecule has 1 heterocycles. The molecule has 74 valence electrons. The number of rotatable bonds is 3. The molecular weight excluding hydrogens is 176 g/mol. The zero-order valence-corrected chi connectivity index (χ0v) is 9.95. The van der Waals surface area contributed by atoms with Crippen molar-refractivity contribution >= 4 is 11.8 Å². The maximum absolute atomic E-state index is 2.32. The number of hydrogen-bond acceptors (Lipinski definition) is 1. The van der Waals surface area contributed by atoms with Crippen molar-refractivity contribution in [2.24, 2.45) is 11.8 Å². The first kappa shape index (κ1) is 10.9. The van der Waals surface area contributed by atoms with Crippen LogP contribution in [0.15, 0.2) is 22.6 Å². The average molecular weight is 196 g/mol. The molecule has 0 radical (unpaired) electrons. The van der Waals surface area contributed by atoms with Crippen LogP contribution in [-0.2, 0) is 0 Å². The van der Waals surface area contributed by atoms with Crippen LogP contribution in [0.2, 0.25) is 0 Å². The molecule has 0 bridgehead atoms. The van der Waals surface area contributed by atoms with Crippen LogP contribution in [0, 0.1) is 11.8 Å². The Morgan fingerprint density at radius 3 is 2.54 bits per heavy atom. The van der Waals surface area contributed by atoms with E-state index in [9.17, 15) is 0 Å². The van der Waals surface area contributed by atoms with E-state index in [0.29, 0.717) is 5.92 Å². The van der Waals surface area contributed by atoms with E-state index >= 15 is 0 Å². The Hall–Kier alpha value is -0.170. The summed E-state index contributed by atoms with van der Waals surface area (Å²) in [6, 6.07) is 0. The normalized spacial score (nSPS) is 17.7. The van der Waals surface area contributed by atoms with E-state index in [2.05, 4.69) is 39.8 Å². The van der Waals surface area contributed by atoms with Crippen molar-refractivity contribution in [2.75, 3.05) is 5.75 Å². The minimum Gasteiger partial charge on any atom is -0.126 e. The molecule has 0 spiro atoms. The Labute approximate surface area is 86.5 Å². The van der Waals surface area contributed by atoms with E-state index in [-0.39, 0.29) is 0 Å². The van der Waals surface area contributed by atoms with Crippen LogP contribution in [0.3, 0.4) is 0 Å². The molecule has 0 unspecified atom stereocenters. The van der Waals surface area contributed by atoms with E-state index in [1.807, 2.05) is 11.8 Å². The minimum atomic E-state index is 0.679. The third-order valence-electron chi connectivity index (χ3n) is 2.19. The van der Waals surface area contributed by atoms with Crippen molar-refractivity contribution in [1.82, 2.24) is 0 Å². The van der Waals surface area contributed by atoms with E-state index in [4.69, 9.17) is 0 Å². The predicted octanol–water partition coefficient (Wildman–Crippen LogP) is 4.25. The molecule has 0 saturated heterocycles. The van der Waals surface area contributed by atoms with Gasteiger partial charge in [-0.25, -0.2) is 0 Å². The van der Waals surface area contributed by atoms with Gasteiger partial charge < -0.3 is 0 Å². The summed E-state index contributed by atoms with van der Waals surface area (Å²) in [5.41, 5.74) is 1.56. The van der Waals surface area contributed by atoms with Gasteiger partial charge in [-0.05, 0) is 28.7 Å². The van der Waals surface area contributed by atoms with Gasteiger partial charge in [-0.2, -0.15) is 0 Å². The van der Waals surface area contributed by atoms with E-state index in [1.54, 1.807) is 10.5 Å². The molecule has 0 nitrogen and oxygen atoms in total. The van der Waals surface area contributed by atoms with Gasteiger partial charge in [0.25, 0.3) is 0 Å². The number of hydrogen-bond donors (Lipinski definition) is 0.